The second-order valence-electron chi connectivity index (χ2n) is 8.66. The number of aromatic amines is 1. The first-order valence-electron chi connectivity index (χ1n) is 11.1. The van der Waals surface area contributed by atoms with Crippen LogP contribution in [0, 0.1) is 12.8 Å². The van der Waals surface area contributed by atoms with Crippen LogP contribution in [0.25, 0.3) is 33.3 Å². The summed E-state index contributed by atoms with van der Waals surface area (Å²) >= 11 is 0. The number of H-pyrrole nitrogens is 1. The Balaban J connectivity index is 1.59. The number of hydrogen-bond donors (Lipinski definition) is 2. The van der Waals surface area contributed by atoms with Gasteiger partial charge in [0, 0.05) is 12.6 Å². The van der Waals surface area contributed by atoms with Gasteiger partial charge in [-0.15, -0.1) is 0 Å². The van der Waals surface area contributed by atoms with Crippen molar-refractivity contribution in [3.05, 3.63) is 77.7 Å². The topological polar surface area (TPSA) is 88.5 Å². The van der Waals surface area contributed by atoms with E-state index in [0.29, 0.717) is 11.2 Å². The third kappa shape index (κ3) is 3.75. The van der Waals surface area contributed by atoms with Crippen molar-refractivity contribution >= 4 is 28.0 Å². The lowest BCUT2D eigenvalue weighted by atomic mass is 10.0. The zero-order valence-corrected chi connectivity index (χ0v) is 19.1. The lowest BCUT2D eigenvalue weighted by Gasteiger charge is -2.21. The van der Waals surface area contributed by atoms with Crippen LogP contribution in [0.5, 0.6) is 0 Å². The van der Waals surface area contributed by atoms with E-state index in [9.17, 15) is 4.79 Å². The zero-order chi connectivity index (χ0) is 23.1. The molecule has 0 saturated heterocycles. The quantitative estimate of drug-likeness (QED) is 0.406. The normalized spacial score (nSPS) is 12.5. The first-order chi connectivity index (χ1) is 15.9. The number of aromatic nitrogens is 5. The van der Waals surface area contributed by atoms with E-state index in [1.165, 1.54) is 0 Å². The molecule has 1 unspecified atom stereocenters. The predicted molar refractivity (Wildman–Crippen MR) is 130 cm³/mol. The van der Waals surface area contributed by atoms with Gasteiger partial charge in [0.1, 0.15) is 5.82 Å². The van der Waals surface area contributed by atoms with Crippen molar-refractivity contribution in [2.75, 3.05) is 0 Å². The monoisotopic (exact) mass is 438 g/mol. The van der Waals surface area contributed by atoms with E-state index < -0.39 is 0 Å². The van der Waals surface area contributed by atoms with E-state index in [1.54, 1.807) is 4.68 Å². The maximum absolute atomic E-state index is 13.7. The Kier molecular flexibility index (Phi) is 5.17. The van der Waals surface area contributed by atoms with Crippen LogP contribution in [0.15, 0.2) is 60.7 Å². The van der Waals surface area contributed by atoms with E-state index in [4.69, 9.17) is 9.97 Å². The van der Waals surface area contributed by atoms with Crippen molar-refractivity contribution in [1.29, 1.82) is 0 Å². The molecule has 1 amide bonds. The minimum absolute atomic E-state index is 0.135. The van der Waals surface area contributed by atoms with Gasteiger partial charge in [-0.3, -0.25) is 9.48 Å². The average molecular weight is 439 g/mol. The summed E-state index contributed by atoms with van der Waals surface area (Å²) in [7, 11) is 1.85. The number of para-hydroxylation sites is 2. The number of carbonyl (C=O) groups is 1. The Morgan fingerprint density at radius 2 is 1.76 bits per heavy atom. The maximum atomic E-state index is 13.7. The number of benzene rings is 2. The molecule has 7 heteroatoms. The number of carbonyl (C=O) groups excluding carboxylic acids is 1. The molecule has 2 aromatic carbocycles. The Morgan fingerprint density at radius 1 is 1.03 bits per heavy atom. The molecule has 5 aromatic rings. The summed E-state index contributed by atoms with van der Waals surface area (Å²) in [6, 6.07) is 19.3. The molecule has 7 nitrogen and oxygen atoms in total. The number of imidazole rings is 1. The van der Waals surface area contributed by atoms with E-state index in [0.717, 1.165) is 39.2 Å². The number of amides is 1. The molecule has 0 bridgehead atoms. The minimum Gasteiger partial charge on any atom is -0.342 e. The molecule has 1 atom stereocenters. The van der Waals surface area contributed by atoms with Crippen LogP contribution < -0.4 is 5.32 Å². The molecule has 0 aliphatic heterocycles. The molecule has 2 N–H and O–H groups in total. The first-order valence-corrected chi connectivity index (χ1v) is 11.1. The Hall–Kier alpha value is -4.00. The van der Waals surface area contributed by atoms with Crippen LogP contribution in [0.3, 0.4) is 0 Å². The molecule has 3 aromatic heterocycles. The summed E-state index contributed by atoms with van der Waals surface area (Å²) in [4.78, 5) is 26.6. The van der Waals surface area contributed by atoms with E-state index in [-0.39, 0.29) is 17.9 Å². The van der Waals surface area contributed by atoms with Crippen molar-refractivity contribution < 1.29 is 4.79 Å². The standard InChI is InChI=1S/C26H26N6O/c1-15(2)23(24-27-19-12-8-9-13-20(19)28-24)30-26(33)18-14-21(17-10-6-5-7-11-17)29-25-22(18)16(3)31-32(25)4/h5-15,23H,1-4H3,(H,27,28)(H,30,33). The Labute approximate surface area is 191 Å². The summed E-state index contributed by atoms with van der Waals surface area (Å²) in [5.74, 6) is 0.710. The SMILES string of the molecule is Cc1nn(C)c2nc(-c3ccccc3)cc(C(=O)NC(c3nc4ccccc4[nH]3)C(C)C)c12. The molecule has 0 aliphatic carbocycles. The molecule has 33 heavy (non-hydrogen) atoms. The van der Waals surface area contributed by atoms with Crippen LogP contribution in [-0.2, 0) is 7.05 Å². The fourth-order valence-electron chi connectivity index (χ4n) is 4.27. The molecule has 5 rings (SSSR count). The fraction of sp³-hybridized carbons (Fsp3) is 0.231. The highest BCUT2D eigenvalue weighted by atomic mass is 16.1. The second-order valence-corrected chi connectivity index (χ2v) is 8.66. The predicted octanol–water partition coefficient (Wildman–Crippen LogP) is 4.95. The molecular weight excluding hydrogens is 412 g/mol. The molecule has 3 heterocycles. The highest BCUT2D eigenvalue weighted by Gasteiger charge is 2.25. The number of pyridine rings is 1. The fourth-order valence-corrected chi connectivity index (χ4v) is 4.27. The van der Waals surface area contributed by atoms with Crippen LogP contribution in [0.1, 0.15) is 41.8 Å². The number of rotatable bonds is 5. The van der Waals surface area contributed by atoms with E-state index in [1.807, 2.05) is 74.6 Å². The number of aryl methyl sites for hydroxylation is 2. The van der Waals surface area contributed by atoms with Gasteiger partial charge in [-0.2, -0.15) is 5.10 Å². The zero-order valence-electron chi connectivity index (χ0n) is 19.1. The smallest absolute Gasteiger partial charge is 0.252 e. The van der Waals surface area contributed by atoms with Gasteiger partial charge in [0.15, 0.2) is 5.65 Å². The molecule has 0 saturated carbocycles. The van der Waals surface area contributed by atoms with Crippen LogP contribution in [-0.4, -0.2) is 30.6 Å². The highest BCUT2D eigenvalue weighted by Crippen LogP contribution is 2.28. The molecular formula is C26H26N6O. The summed E-state index contributed by atoms with van der Waals surface area (Å²) in [6.45, 7) is 6.05. The van der Waals surface area contributed by atoms with Crippen molar-refractivity contribution in [2.24, 2.45) is 13.0 Å². The van der Waals surface area contributed by atoms with Gasteiger partial charge in [0.25, 0.3) is 5.91 Å². The molecule has 0 aliphatic rings. The Morgan fingerprint density at radius 3 is 2.48 bits per heavy atom. The van der Waals surface area contributed by atoms with Gasteiger partial charge >= 0.3 is 0 Å². The van der Waals surface area contributed by atoms with Gasteiger partial charge in [-0.25, -0.2) is 9.97 Å². The van der Waals surface area contributed by atoms with Crippen LogP contribution in [0.4, 0.5) is 0 Å². The van der Waals surface area contributed by atoms with Gasteiger partial charge in [0.05, 0.1) is 39.4 Å². The second kappa shape index (κ2) is 8.16. The van der Waals surface area contributed by atoms with Crippen molar-refractivity contribution in [2.45, 2.75) is 26.8 Å². The summed E-state index contributed by atoms with van der Waals surface area (Å²) < 4.78 is 1.73. The van der Waals surface area contributed by atoms with Crippen molar-refractivity contribution in [1.82, 2.24) is 30.0 Å². The van der Waals surface area contributed by atoms with Crippen LogP contribution in [0.2, 0.25) is 0 Å². The largest absolute Gasteiger partial charge is 0.342 e. The lowest BCUT2D eigenvalue weighted by Crippen LogP contribution is -2.32. The Bertz CT molecular complexity index is 1430. The maximum Gasteiger partial charge on any atom is 0.252 e. The summed E-state index contributed by atoms with van der Waals surface area (Å²) in [5.41, 5.74) is 5.54. The molecule has 0 radical (unpaired) electrons. The van der Waals surface area contributed by atoms with Gasteiger partial charge < -0.3 is 10.3 Å². The lowest BCUT2D eigenvalue weighted by molar-refractivity contribution is 0.0925. The van der Waals surface area contributed by atoms with Gasteiger partial charge in [-0.05, 0) is 31.0 Å². The van der Waals surface area contributed by atoms with Crippen LogP contribution >= 0.6 is 0 Å². The summed E-state index contributed by atoms with van der Waals surface area (Å²) in [6.07, 6.45) is 0. The number of fused-ring (bicyclic) bond motifs is 2. The summed E-state index contributed by atoms with van der Waals surface area (Å²) in [5, 5.41) is 8.51. The van der Waals surface area contributed by atoms with Crippen molar-refractivity contribution in [3.8, 4) is 11.3 Å². The third-order valence-corrected chi connectivity index (χ3v) is 5.94. The molecule has 0 spiro atoms. The highest BCUT2D eigenvalue weighted by molar-refractivity contribution is 6.07. The first kappa shape index (κ1) is 20.9. The minimum atomic E-state index is -0.273. The average Bonchev–Trinajstić information content (AvgIpc) is 3.37. The van der Waals surface area contributed by atoms with Gasteiger partial charge in [-0.1, -0.05) is 56.3 Å². The third-order valence-electron chi connectivity index (χ3n) is 5.94. The van der Waals surface area contributed by atoms with E-state index in [2.05, 4.69) is 29.2 Å². The van der Waals surface area contributed by atoms with Gasteiger partial charge in [0.2, 0.25) is 0 Å². The number of nitrogens with one attached hydrogen (secondary N) is 2. The molecule has 0 fully saturated rings. The van der Waals surface area contributed by atoms with Crippen molar-refractivity contribution in [3.63, 3.8) is 0 Å². The number of hydrogen-bond acceptors (Lipinski definition) is 4. The number of nitrogens with zero attached hydrogens (tertiary/aromatic N) is 4. The van der Waals surface area contributed by atoms with E-state index >= 15 is 0 Å². The molecule has 166 valence electrons.